The third-order valence-corrected chi connectivity index (χ3v) is 4.11. The van der Waals surface area contributed by atoms with Gasteiger partial charge in [-0.1, -0.05) is 19.3 Å². The molecule has 0 aromatic carbocycles. The first kappa shape index (κ1) is 17.8. The molecule has 0 spiro atoms. The largest absolute Gasteiger partial charge is 0.465 e. The van der Waals surface area contributed by atoms with Crippen LogP contribution in [0.2, 0.25) is 0 Å². The van der Waals surface area contributed by atoms with E-state index in [1.54, 1.807) is 18.2 Å². The van der Waals surface area contributed by atoms with E-state index in [0.717, 1.165) is 12.8 Å². The molecule has 1 fully saturated rings. The Morgan fingerprint density at radius 2 is 2.21 bits per heavy atom. The fourth-order valence-corrected chi connectivity index (χ4v) is 2.71. The van der Waals surface area contributed by atoms with Crippen LogP contribution in [0.4, 0.5) is 0 Å². The molecule has 0 aliphatic heterocycles. The van der Waals surface area contributed by atoms with Crippen molar-refractivity contribution in [2.45, 2.75) is 45.1 Å². The van der Waals surface area contributed by atoms with E-state index in [0.29, 0.717) is 18.2 Å². The Morgan fingerprint density at radius 3 is 2.83 bits per heavy atom. The quantitative estimate of drug-likeness (QED) is 0.492. The number of nitrogens with one attached hydrogen (secondary N) is 1. The molecule has 1 heterocycles. The standard InChI is InChI=1S/C18H22N2O4/c1-13(17(21)20-12-14-6-3-2-4-7-14)24-18(22)15(11-19)10-16-8-5-9-23-16/h5,8-10,13-14H,2-4,6-7,12H2,1H3,(H,20,21)/b15-10+/t13-/m1/s1. The summed E-state index contributed by atoms with van der Waals surface area (Å²) in [7, 11) is 0. The van der Waals surface area contributed by atoms with Gasteiger partial charge in [-0.2, -0.15) is 5.26 Å². The second kappa shape index (κ2) is 8.92. The summed E-state index contributed by atoms with van der Waals surface area (Å²) in [4.78, 5) is 24.0. The van der Waals surface area contributed by atoms with Crippen molar-refractivity contribution in [2.24, 2.45) is 5.92 Å². The van der Waals surface area contributed by atoms with Gasteiger partial charge in [0.05, 0.1) is 6.26 Å². The zero-order chi connectivity index (χ0) is 17.4. The zero-order valence-electron chi connectivity index (χ0n) is 13.8. The first-order valence-electron chi connectivity index (χ1n) is 8.24. The molecular formula is C18H22N2O4. The second-order valence-electron chi connectivity index (χ2n) is 5.98. The van der Waals surface area contributed by atoms with Gasteiger partial charge >= 0.3 is 5.97 Å². The maximum atomic E-state index is 12.0. The molecule has 1 aromatic heterocycles. The fourth-order valence-electron chi connectivity index (χ4n) is 2.71. The number of carbonyl (C=O) groups excluding carboxylic acids is 2. The predicted octanol–water partition coefficient (Wildman–Crippen LogP) is 2.81. The molecule has 1 aliphatic carbocycles. The zero-order valence-corrected chi connectivity index (χ0v) is 13.8. The topological polar surface area (TPSA) is 92.3 Å². The van der Waals surface area contributed by atoms with Gasteiger partial charge in [-0.15, -0.1) is 0 Å². The van der Waals surface area contributed by atoms with Crippen LogP contribution in [-0.2, 0) is 14.3 Å². The van der Waals surface area contributed by atoms with E-state index in [-0.39, 0.29) is 11.5 Å². The Kier molecular flexibility index (Phi) is 6.62. The third kappa shape index (κ3) is 5.27. The van der Waals surface area contributed by atoms with E-state index in [1.807, 2.05) is 0 Å². The van der Waals surface area contributed by atoms with Crippen LogP contribution >= 0.6 is 0 Å². The number of ether oxygens (including phenoxy) is 1. The Labute approximate surface area is 141 Å². The third-order valence-electron chi connectivity index (χ3n) is 4.11. The number of esters is 1. The van der Waals surface area contributed by atoms with Crippen LogP contribution in [0.1, 0.15) is 44.8 Å². The molecular weight excluding hydrogens is 308 g/mol. The molecule has 1 amide bonds. The first-order valence-corrected chi connectivity index (χ1v) is 8.24. The van der Waals surface area contributed by atoms with Crippen LogP contribution in [0.15, 0.2) is 28.4 Å². The Hall–Kier alpha value is -2.55. The lowest BCUT2D eigenvalue weighted by atomic mass is 9.89. The van der Waals surface area contributed by atoms with Crippen LogP contribution in [0.5, 0.6) is 0 Å². The summed E-state index contributed by atoms with van der Waals surface area (Å²) in [5, 5.41) is 11.9. The number of furan rings is 1. The summed E-state index contributed by atoms with van der Waals surface area (Å²) < 4.78 is 10.1. The number of nitriles is 1. The first-order chi connectivity index (χ1) is 11.6. The molecule has 1 atom stereocenters. The number of nitrogens with zero attached hydrogens (tertiary/aromatic N) is 1. The number of rotatable bonds is 6. The lowest BCUT2D eigenvalue weighted by Crippen LogP contribution is -2.38. The average Bonchev–Trinajstić information content (AvgIpc) is 3.11. The maximum absolute atomic E-state index is 12.0. The SMILES string of the molecule is C[C@@H](OC(=O)/C(C#N)=C/c1ccco1)C(=O)NCC1CCCCC1. The molecule has 0 radical (unpaired) electrons. The van der Waals surface area contributed by atoms with E-state index in [4.69, 9.17) is 14.4 Å². The minimum Gasteiger partial charge on any atom is -0.465 e. The Morgan fingerprint density at radius 1 is 1.46 bits per heavy atom. The van der Waals surface area contributed by atoms with Crippen molar-refractivity contribution >= 4 is 18.0 Å². The normalized spacial score (nSPS) is 16.9. The predicted molar refractivity (Wildman–Crippen MR) is 87.4 cm³/mol. The smallest absolute Gasteiger partial charge is 0.349 e. The van der Waals surface area contributed by atoms with E-state index >= 15 is 0 Å². The van der Waals surface area contributed by atoms with E-state index in [9.17, 15) is 9.59 Å². The number of hydrogen-bond donors (Lipinski definition) is 1. The summed E-state index contributed by atoms with van der Waals surface area (Å²) in [6.07, 6.45) is 7.69. The van der Waals surface area contributed by atoms with Crippen LogP contribution in [0, 0.1) is 17.2 Å². The summed E-state index contributed by atoms with van der Waals surface area (Å²) >= 11 is 0. The molecule has 1 N–H and O–H groups in total. The Balaban J connectivity index is 1.83. The van der Waals surface area contributed by atoms with Crippen LogP contribution in [0.3, 0.4) is 0 Å². The minimum absolute atomic E-state index is 0.211. The van der Waals surface area contributed by atoms with Gasteiger partial charge < -0.3 is 14.5 Å². The molecule has 1 aromatic rings. The summed E-state index contributed by atoms with van der Waals surface area (Å²) in [6, 6.07) is 5.03. The molecule has 0 saturated heterocycles. The van der Waals surface area contributed by atoms with Crippen molar-refractivity contribution in [1.82, 2.24) is 5.32 Å². The van der Waals surface area contributed by atoms with Gasteiger partial charge in [0.25, 0.3) is 5.91 Å². The Bertz CT molecular complexity index is 622. The van der Waals surface area contributed by atoms with Crippen molar-refractivity contribution in [3.63, 3.8) is 0 Å². The van der Waals surface area contributed by atoms with Gasteiger partial charge in [0.15, 0.2) is 6.10 Å². The van der Waals surface area contributed by atoms with E-state index in [1.165, 1.54) is 38.5 Å². The summed E-state index contributed by atoms with van der Waals surface area (Å²) in [5.41, 5.74) is -0.211. The van der Waals surface area contributed by atoms with E-state index in [2.05, 4.69) is 5.32 Å². The van der Waals surface area contributed by atoms with Gasteiger partial charge in [-0.3, -0.25) is 4.79 Å². The minimum atomic E-state index is -0.950. The van der Waals surface area contributed by atoms with Crippen molar-refractivity contribution in [1.29, 1.82) is 5.26 Å². The summed E-state index contributed by atoms with van der Waals surface area (Å²) in [5.74, 6) is -0.310. The van der Waals surface area contributed by atoms with Crippen LogP contribution in [0.25, 0.3) is 6.08 Å². The molecule has 128 valence electrons. The van der Waals surface area contributed by atoms with Crippen molar-refractivity contribution in [3.05, 3.63) is 29.7 Å². The molecule has 0 unspecified atom stereocenters. The summed E-state index contributed by atoms with van der Waals surface area (Å²) in [6.45, 7) is 2.10. The van der Waals surface area contributed by atoms with Crippen LogP contribution in [-0.4, -0.2) is 24.5 Å². The van der Waals surface area contributed by atoms with Gasteiger partial charge in [0, 0.05) is 12.6 Å². The highest BCUT2D eigenvalue weighted by Crippen LogP contribution is 2.22. The lowest BCUT2D eigenvalue weighted by molar-refractivity contribution is -0.150. The second-order valence-corrected chi connectivity index (χ2v) is 5.98. The fraction of sp³-hybridized carbons (Fsp3) is 0.500. The number of amides is 1. The van der Waals surface area contributed by atoms with Crippen LogP contribution < -0.4 is 5.32 Å². The molecule has 24 heavy (non-hydrogen) atoms. The van der Waals surface area contributed by atoms with Gasteiger partial charge in [0.1, 0.15) is 17.4 Å². The van der Waals surface area contributed by atoms with Crippen molar-refractivity contribution < 1.29 is 18.7 Å². The monoisotopic (exact) mass is 330 g/mol. The molecule has 6 nitrogen and oxygen atoms in total. The molecule has 0 bridgehead atoms. The average molecular weight is 330 g/mol. The highest BCUT2D eigenvalue weighted by molar-refractivity contribution is 5.98. The highest BCUT2D eigenvalue weighted by atomic mass is 16.5. The van der Waals surface area contributed by atoms with Gasteiger partial charge in [-0.05, 0) is 37.8 Å². The maximum Gasteiger partial charge on any atom is 0.349 e. The van der Waals surface area contributed by atoms with Gasteiger partial charge in [-0.25, -0.2) is 4.79 Å². The van der Waals surface area contributed by atoms with Gasteiger partial charge in [0.2, 0.25) is 0 Å². The van der Waals surface area contributed by atoms with E-state index < -0.39 is 12.1 Å². The number of carbonyl (C=O) groups is 2. The van der Waals surface area contributed by atoms with Crippen molar-refractivity contribution in [2.75, 3.05) is 6.54 Å². The molecule has 1 saturated carbocycles. The molecule has 6 heteroatoms. The number of hydrogen-bond acceptors (Lipinski definition) is 5. The molecule has 2 rings (SSSR count). The lowest BCUT2D eigenvalue weighted by Gasteiger charge is -2.22. The van der Waals surface area contributed by atoms with Crippen molar-refractivity contribution in [3.8, 4) is 6.07 Å². The highest BCUT2D eigenvalue weighted by Gasteiger charge is 2.22. The molecule has 1 aliphatic rings.